The van der Waals surface area contributed by atoms with Crippen LogP contribution in [-0.2, 0) is 19.5 Å². The Hall–Kier alpha value is -5.86. The number of nitro groups is 1. The van der Waals surface area contributed by atoms with Crippen LogP contribution in [0, 0.1) is 40.1 Å². The number of aryl methyl sites for hydroxylation is 1. The summed E-state index contributed by atoms with van der Waals surface area (Å²) in [5.74, 6) is -1.24. The van der Waals surface area contributed by atoms with Gasteiger partial charge in [0.15, 0.2) is 0 Å². The van der Waals surface area contributed by atoms with Crippen LogP contribution in [0.5, 0.6) is 5.88 Å². The number of pyridine rings is 1. The van der Waals surface area contributed by atoms with E-state index in [4.69, 9.17) is 19.2 Å². The standard InChI is InChI=1S/C53H63FN8O9S/c1-33-5-3-4-6-39(33)47-32-70-22-20-60(47)37-26-53(27-37)16-18-59(19-17-53)36-7-9-40(44(23-36)61-30-35-31-69-21-13-48(35)71-51-46(61)25-41-42(54)29-56-49(41)57-51)50(63)58-72(67,68)38-8-10-43(45(24-38)62(65)66)55-28-34-11-14-52(2,64)15-12-34/h3-10,23-25,29,34-35,37,47-48,55,64H,11-22,26-28,30-32H2,1-2H3,(H,56,57)(H,58,63)/t34-,35-,47-,48-,52-/m0/s1. The number of aromatic amines is 1. The number of halogens is 1. The Bertz CT molecular complexity index is 2980. The van der Waals surface area contributed by atoms with E-state index in [1.165, 1.54) is 29.5 Å². The maximum Gasteiger partial charge on any atom is 0.293 e. The Balaban J connectivity index is 0.878. The second-order valence-electron chi connectivity index (χ2n) is 21.4. The SMILES string of the molecule is Cc1ccccc1[C@@H]1COCCN1C1CC2(CCN(c3ccc(C(=O)NS(=O)(=O)c4ccc(NC[C@H]5CC[C@](C)(O)CC5)c([N+](=O)[O-])c4)c(N4C[C@H]5COCC[C@@H]5Oc5nc6[nH]cc(F)c6cc54)c3)CC2)C1. The van der Waals surface area contributed by atoms with Gasteiger partial charge in [0.05, 0.1) is 64.5 Å². The van der Waals surface area contributed by atoms with Gasteiger partial charge in [0.1, 0.15) is 28.9 Å². The Morgan fingerprint density at radius 2 is 1.75 bits per heavy atom. The molecule has 3 atom stereocenters. The summed E-state index contributed by atoms with van der Waals surface area (Å²) in [5, 5.41) is 26.1. The highest BCUT2D eigenvalue weighted by Crippen LogP contribution is 2.53. The number of nitrogens with one attached hydrogen (secondary N) is 3. The molecule has 3 saturated heterocycles. The second-order valence-corrected chi connectivity index (χ2v) is 23.0. The minimum Gasteiger partial charge on any atom is -0.472 e. The van der Waals surface area contributed by atoms with Gasteiger partial charge in [0.2, 0.25) is 5.88 Å². The minimum atomic E-state index is -4.67. The van der Waals surface area contributed by atoms with Gasteiger partial charge in [0.25, 0.3) is 21.6 Å². The monoisotopic (exact) mass is 1010 g/mol. The third-order valence-corrected chi connectivity index (χ3v) is 18.0. The van der Waals surface area contributed by atoms with E-state index in [-0.39, 0.29) is 58.5 Å². The lowest BCUT2D eigenvalue weighted by Crippen LogP contribution is -2.57. The molecule has 0 radical (unpaired) electrons. The quantitative estimate of drug-likeness (QED) is 0.0729. The van der Waals surface area contributed by atoms with Crippen molar-refractivity contribution in [3.63, 3.8) is 0 Å². The third kappa shape index (κ3) is 9.49. The van der Waals surface area contributed by atoms with Crippen LogP contribution in [0.2, 0.25) is 0 Å². The number of rotatable bonds is 11. The minimum absolute atomic E-state index is 0.0152. The van der Waals surface area contributed by atoms with Gasteiger partial charge >= 0.3 is 0 Å². The molecular weight excluding hydrogens is 944 g/mol. The lowest BCUT2D eigenvalue weighted by molar-refractivity contribution is -0.384. The topological polar surface area (TPSA) is 205 Å². The van der Waals surface area contributed by atoms with E-state index in [2.05, 4.69) is 56.0 Å². The summed E-state index contributed by atoms with van der Waals surface area (Å²) >= 11 is 0. The van der Waals surface area contributed by atoms with Crippen molar-refractivity contribution in [3.8, 4) is 5.88 Å². The number of amides is 1. The predicted octanol–water partition coefficient (Wildman–Crippen LogP) is 8.15. The summed E-state index contributed by atoms with van der Waals surface area (Å²) in [5.41, 5.74) is 3.72. The van der Waals surface area contributed by atoms with Crippen molar-refractivity contribution in [3.05, 3.63) is 106 Å². The summed E-state index contributed by atoms with van der Waals surface area (Å²) in [4.78, 5) is 40.4. The van der Waals surface area contributed by atoms with Gasteiger partial charge in [-0.25, -0.2) is 17.5 Å². The summed E-state index contributed by atoms with van der Waals surface area (Å²) in [6, 6.07) is 19.8. The maximum absolute atomic E-state index is 15.4. The molecule has 0 bridgehead atoms. The van der Waals surface area contributed by atoms with Crippen LogP contribution >= 0.6 is 0 Å². The normalized spacial score (nSPS) is 25.7. The number of hydrogen-bond acceptors (Lipinski definition) is 14. The van der Waals surface area contributed by atoms with Crippen LogP contribution in [0.1, 0.15) is 92.2 Å². The van der Waals surface area contributed by atoms with Crippen molar-refractivity contribution in [2.24, 2.45) is 17.3 Å². The lowest BCUT2D eigenvalue weighted by atomic mass is 9.59. The number of morpholine rings is 1. The number of aliphatic hydroxyl groups is 1. The van der Waals surface area contributed by atoms with E-state index in [1.807, 2.05) is 17.0 Å². The smallest absolute Gasteiger partial charge is 0.293 e. The Morgan fingerprint density at radius 1 is 0.972 bits per heavy atom. The number of aromatic nitrogens is 2. The molecular formula is C53H63FN8O9S. The first-order valence-electron chi connectivity index (χ1n) is 25.4. The average Bonchev–Trinajstić information content (AvgIpc) is 3.63. The molecule has 2 aromatic heterocycles. The van der Waals surface area contributed by atoms with E-state index in [1.54, 1.807) is 19.1 Å². The van der Waals surface area contributed by atoms with E-state index in [0.29, 0.717) is 68.7 Å². The fourth-order valence-corrected chi connectivity index (χ4v) is 13.3. The number of piperidine rings is 1. The highest BCUT2D eigenvalue weighted by molar-refractivity contribution is 7.90. The number of sulfonamides is 1. The summed E-state index contributed by atoms with van der Waals surface area (Å²) in [6.45, 7) is 9.38. The Labute approximate surface area is 418 Å². The Kier molecular flexibility index (Phi) is 12.9. The third-order valence-electron chi connectivity index (χ3n) is 16.6. The number of nitro benzene ring substituents is 1. The van der Waals surface area contributed by atoms with Crippen LogP contribution < -0.4 is 24.6 Å². The van der Waals surface area contributed by atoms with Crippen molar-refractivity contribution in [2.75, 3.05) is 74.3 Å². The zero-order valence-electron chi connectivity index (χ0n) is 40.8. The number of H-pyrrole nitrogens is 1. The van der Waals surface area contributed by atoms with Crippen molar-refractivity contribution >= 4 is 55.4 Å². The fourth-order valence-electron chi connectivity index (χ4n) is 12.3. The van der Waals surface area contributed by atoms with Crippen LogP contribution in [0.3, 0.4) is 0 Å². The summed E-state index contributed by atoms with van der Waals surface area (Å²) in [6.07, 6.45) is 8.45. The summed E-state index contributed by atoms with van der Waals surface area (Å²) in [7, 11) is -4.67. The van der Waals surface area contributed by atoms with Gasteiger partial charge in [0, 0.05) is 69.1 Å². The molecule has 1 spiro atoms. The maximum atomic E-state index is 15.4. The highest BCUT2D eigenvalue weighted by Gasteiger charge is 2.50. The molecule has 6 aliphatic rings. The van der Waals surface area contributed by atoms with E-state index in [9.17, 15) is 28.4 Å². The first-order chi connectivity index (χ1) is 34.6. The van der Waals surface area contributed by atoms with Gasteiger partial charge < -0.3 is 39.4 Å². The van der Waals surface area contributed by atoms with Crippen LogP contribution in [0.4, 0.5) is 32.8 Å². The average molecular weight is 1010 g/mol. The zero-order chi connectivity index (χ0) is 49.9. The molecule has 4 N–H and O–H groups in total. The zero-order valence-corrected chi connectivity index (χ0v) is 41.6. The lowest BCUT2D eigenvalue weighted by Gasteiger charge is -2.57. The van der Waals surface area contributed by atoms with Crippen molar-refractivity contribution in [1.29, 1.82) is 0 Å². The molecule has 2 aliphatic carbocycles. The van der Waals surface area contributed by atoms with Gasteiger partial charge in [-0.15, -0.1) is 0 Å². The number of carbonyl (C=O) groups is 1. The summed E-state index contributed by atoms with van der Waals surface area (Å²) < 4.78 is 64.4. The largest absolute Gasteiger partial charge is 0.472 e. The van der Waals surface area contributed by atoms with E-state index >= 15 is 4.39 Å². The molecule has 3 aromatic carbocycles. The van der Waals surface area contributed by atoms with Crippen LogP contribution in [0.25, 0.3) is 11.0 Å². The van der Waals surface area contributed by atoms with Crippen LogP contribution in [0.15, 0.2) is 77.8 Å². The van der Waals surface area contributed by atoms with Gasteiger partial charge in [-0.3, -0.25) is 19.8 Å². The number of anilines is 4. The van der Waals surface area contributed by atoms with Crippen molar-refractivity contribution < 1.29 is 41.8 Å². The van der Waals surface area contributed by atoms with Gasteiger partial charge in [-0.05, 0) is 124 Å². The number of benzene rings is 3. The highest BCUT2D eigenvalue weighted by atomic mass is 32.2. The molecule has 5 fully saturated rings. The van der Waals surface area contributed by atoms with Gasteiger partial charge in [-0.1, -0.05) is 24.3 Å². The van der Waals surface area contributed by atoms with Crippen LogP contribution in [-0.4, -0.2) is 116 Å². The number of carbonyl (C=O) groups excluding carboxylic acids is 1. The van der Waals surface area contributed by atoms with Crippen molar-refractivity contribution in [1.82, 2.24) is 19.6 Å². The Morgan fingerprint density at radius 3 is 2.53 bits per heavy atom. The van der Waals surface area contributed by atoms with E-state index < -0.39 is 42.9 Å². The molecule has 4 aliphatic heterocycles. The molecule has 2 saturated carbocycles. The number of nitrogens with zero attached hydrogens (tertiary/aromatic N) is 5. The molecule has 382 valence electrons. The molecule has 19 heteroatoms. The first kappa shape index (κ1) is 48.4. The van der Waals surface area contributed by atoms with Gasteiger partial charge in [-0.2, -0.15) is 4.98 Å². The fraction of sp³-hybridized carbons (Fsp3) is 0.509. The van der Waals surface area contributed by atoms with E-state index in [0.717, 1.165) is 76.5 Å². The first-order valence-corrected chi connectivity index (χ1v) is 26.9. The molecule has 11 rings (SSSR count). The number of hydrogen-bond donors (Lipinski definition) is 4. The molecule has 5 aromatic rings. The molecule has 17 nitrogen and oxygen atoms in total. The molecule has 6 heterocycles. The second kappa shape index (κ2) is 19.2. The number of ether oxygens (including phenoxy) is 3. The molecule has 72 heavy (non-hydrogen) atoms. The molecule has 0 unspecified atom stereocenters. The van der Waals surface area contributed by atoms with Crippen molar-refractivity contribution in [2.45, 2.75) is 100 Å². The molecule has 1 amide bonds. The predicted molar refractivity (Wildman–Crippen MR) is 270 cm³/mol. The number of fused-ring (bicyclic) bond motifs is 3.